The minimum Gasteiger partial charge on any atom is -0.378 e. The van der Waals surface area contributed by atoms with E-state index in [1.165, 1.54) is 19.3 Å². The Bertz CT molecular complexity index is 343. The van der Waals surface area contributed by atoms with Gasteiger partial charge in [-0.3, -0.25) is 4.79 Å². The maximum atomic E-state index is 12.3. The number of rotatable bonds is 6. The molecular weight excluding hydrogens is 276 g/mol. The highest BCUT2D eigenvalue weighted by Crippen LogP contribution is 2.57. The molecule has 1 amide bonds. The van der Waals surface area contributed by atoms with Crippen LogP contribution < -0.4 is 11.1 Å². The van der Waals surface area contributed by atoms with Gasteiger partial charge in [-0.25, -0.2) is 0 Å². The molecule has 20 heavy (non-hydrogen) atoms. The molecule has 2 fully saturated rings. The van der Waals surface area contributed by atoms with Crippen LogP contribution in [0, 0.1) is 5.41 Å². The summed E-state index contributed by atoms with van der Waals surface area (Å²) in [6.07, 6.45) is 6.56. The number of carbonyl (C=O) groups excluding carboxylic acids is 1. The average molecular weight is 305 g/mol. The van der Waals surface area contributed by atoms with Gasteiger partial charge in [0.15, 0.2) is 0 Å². The van der Waals surface area contributed by atoms with Crippen molar-refractivity contribution in [2.24, 2.45) is 11.1 Å². The number of hydrogen-bond acceptors (Lipinski definition) is 3. The number of nitrogens with one attached hydrogen (secondary N) is 1. The molecule has 0 aromatic carbocycles. The summed E-state index contributed by atoms with van der Waals surface area (Å²) in [6.45, 7) is 6.69. The lowest BCUT2D eigenvalue weighted by Crippen LogP contribution is -2.69. The van der Waals surface area contributed by atoms with Crippen molar-refractivity contribution in [1.82, 2.24) is 5.32 Å². The van der Waals surface area contributed by atoms with Gasteiger partial charge in [-0.2, -0.15) is 0 Å². The zero-order chi connectivity index (χ0) is 14.1. The van der Waals surface area contributed by atoms with E-state index in [0.29, 0.717) is 6.10 Å². The Labute approximate surface area is 128 Å². The molecule has 5 heteroatoms. The fourth-order valence-electron chi connectivity index (χ4n) is 3.60. The molecule has 2 saturated carbocycles. The molecule has 3 N–H and O–H groups in total. The molecule has 0 heterocycles. The molecule has 0 saturated heterocycles. The molecule has 4 nitrogen and oxygen atoms in total. The Hall–Kier alpha value is -0.320. The van der Waals surface area contributed by atoms with Gasteiger partial charge in [-0.05, 0) is 39.5 Å². The maximum absolute atomic E-state index is 12.3. The molecule has 3 unspecified atom stereocenters. The van der Waals surface area contributed by atoms with Crippen LogP contribution in [0.2, 0.25) is 0 Å². The molecule has 0 aliphatic heterocycles. The fraction of sp³-hybridized carbons (Fsp3) is 0.933. The largest absolute Gasteiger partial charge is 0.378 e. The van der Waals surface area contributed by atoms with Crippen LogP contribution >= 0.6 is 12.4 Å². The summed E-state index contributed by atoms with van der Waals surface area (Å²) in [5, 5.41) is 3.18. The molecule has 0 aromatic heterocycles. The first-order chi connectivity index (χ1) is 8.96. The van der Waals surface area contributed by atoms with E-state index in [1.54, 1.807) is 0 Å². The van der Waals surface area contributed by atoms with E-state index in [2.05, 4.69) is 12.2 Å². The van der Waals surface area contributed by atoms with Crippen LogP contribution in [0.1, 0.15) is 59.3 Å². The third-order valence-electron chi connectivity index (χ3n) is 5.03. The summed E-state index contributed by atoms with van der Waals surface area (Å²) in [5.74, 6) is 0.000531. The minimum atomic E-state index is -0.740. The zero-order valence-electron chi connectivity index (χ0n) is 12.9. The van der Waals surface area contributed by atoms with Gasteiger partial charge in [0.1, 0.15) is 0 Å². The number of carbonyl (C=O) groups is 1. The van der Waals surface area contributed by atoms with Gasteiger partial charge >= 0.3 is 0 Å². The number of halogens is 1. The lowest BCUT2D eigenvalue weighted by Gasteiger charge is -2.61. The Morgan fingerprint density at radius 1 is 1.45 bits per heavy atom. The summed E-state index contributed by atoms with van der Waals surface area (Å²) < 4.78 is 5.80. The molecule has 0 aromatic rings. The second-order valence-electron chi connectivity index (χ2n) is 6.46. The van der Waals surface area contributed by atoms with E-state index >= 15 is 0 Å². The normalized spacial score (nSPS) is 29.6. The van der Waals surface area contributed by atoms with E-state index < -0.39 is 5.54 Å². The van der Waals surface area contributed by atoms with E-state index in [9.17, 15) is 4.79 Å². The van der Waals surface area contributed by atoms with Crippen molar-refractivity contribution in [2.75, 3.05) is 6.61 Å². The molecule has 2 aliphatic rings. The van der Waals surface area contributed by atoms with Gasteiger partial charge in [0.2, 0.25) is 5.91 Å². The molecule has 0 radical (unpaired) electrons. The first-order valence-electron chi connectivity index (χ1n) is 7.67. The van der Waals surface area contributed by atoms with Gasteiger partial charge < -0.3 is 15.8 Å². The summed E-state index contributed by atoms with van der Waals surface area (Å²) in [6, 6.07) is 0.269. The van der Waals surface area contributed by atoms with Crippen LogP contribution in [0.4, 0.5) is 0 Å². The lowest BCUT2D eigenvalue weighted by molar-refractivity contribution is -0.177. The van der Waals surface area contributed by atoms with Crippen molar-refractivity contribution in [3.8, 4) is 0 Å². The van der Waals surface area contributed by atoms with Crippen LogP contribution in [-0.4, -0.2) is 30.2 Å². The SMILES string of the molecule is CCCC(C)(N)C(=O)NC1CC(OCC)C12CCC2.Cl. The van der Waals surface area contributed by atoms with E-state index in [-0.39, 0.29) is 29.8 Å². The second-order valence-corrected chi connectivity index (χ2v) is 6.46. The first-order valence-corrected chi connectivity index (χ1v) is 7.67. The molecule has 3 atom stereocenters. The smallest absolute Gasteiger partial charge is 0.240 e. The highest BCUT2D eigenvalue weighted by molar-refractivity contribution is 5.86. The molecule has 2 rings (SSSR count). The first kappa shape index (κ1) is 17.7. The van der Waals surface area contributed by atoms with Crippen LogP contribution in [0.3, 0.4) is 0 Å². The zero-order valence-corrected chi connectivity index (χ0v) is 13.7. The molecule has 0 bridgehead atoms. The summed E-state index contributed by atoms with van der Waals surface area (Å²) in [7, 11) is 0. The van der Waals surface area contributed by atoms with Crippen LogP contribution in [-0.2, 0) is 9.53 Å². The van der Waals surface area contributed by atoms with Crippen molar-refractivity contribution in [3.05, 3.63) is 0 Å². The van der Waals surface area contributed by atoms with Gasteiger partial charge in [0.25, 0.3) is 0 Å². The Morgan fingerprint density at radius 3 is 2.55 bits per heavy atom. The quantitative estimate of drug-likeness (QED) is 0.792. The topological polar surface area (TPSA) is 64.4 Å². The van der Waals surface area contributed by atoms with Crippen molar-refractivity contribution < 1.29 is 9.53 Å². The predicted molar refractivity (Wildman–Crippen MR) is 83.0 cm³/mol. The van der Waals surface area contributed by atoms with Crippen molar-refractivity contribution in [2.45, 2.75) is 77.0 Å². The standard InChI is InChI=1S/C15H28N2O2.ClH/c1-4-7-14(3,16)13(18)17-11-10-12(19-5-2)15(11)8-6-9-15;/h11-12H,4-10,16H2,1-3H3,(H,17,18);1H. The maximum Gasteiger partial charge on any atom is 0.240 e. The number of ether oxygens (including phenoxy) is 1. The van der Waals surface area contributed by atoms with Crippen molar-refractivity contribution in [3.63, 3.8) is 0 Å². The van der Waals surface area contributed by atoms with Crippen LogP contribution in [0.15, 0.2) is 0 Å². The molecule has 2 aliphatic carbocycles. The third-order valence-corrected chi connectivity index (χ3v) is 5.03. The second kappa shape index (κ2) is 6.63. The minimum absolute atomic E-state index is 0. The van der Waals surface area contributed by atoms with Crippen molar-refractivity contribution >= 4 is 18.3 Å². The highest BCUT2D eigenvalue weighted by Gasteiger charge is 2.59. The van der Waals surface area contributed by atoms with E-state index in [1.807, 2.05) is 13.8 Å². The Morgan fingerprint density at radius 2 is 2.10 bits per heavy atom. The average Bonchev–Trinajstić information content (AvgIpc) is 2.24. The van der Waals surface area contributed by atoms with Gasteiger partial charge in [0.05, 0.1) is 11.6 Å². The summed E-state index contributed by atoms with van der Waals surface area (Å²) in [5.41, 5.74) is 5.57. The summed E-state index contributed by atoms with van der Waals surface area (Å²) in [4.78, 5) is 12.3. The van der Waals surface area contributed by atoms with Crippen LogP contribution in [0.25, 0.3) is 0 Å². The van der Waals surface area contributed by atoms with E-state index in [4.69, 9.17) is 10.5 Å². The fourth-order valence-corrected chi connectivity index (χ4v) is 3.60. The van der Waals surface area contributed by atoms with Gasteiger partial charge in [-0.1, -0.05) is 19.8 Å². The van der Waals surface area contributed by atoms with Crippen LogP contribution in [0.5, 0.6) is 0 Å². The van der Waals surface area contributed by atoms with Crippen molar-refractivity contribution in [1.29, 1.82) is 0 Å². The molecule has 1 spiro atoms. The highest BCUT2D eigenvalue weighted by atomic mass is 35.5. The van der Waals surface area contributed by atoms with Gasteiger partial charge in [-0.15, -0.1) is 12.4 Å². The third kappa shape index (κ3) is 2.97. The number of hydrogen-bond donors (Lipinski definition) is 2. The number of amides is 1. The molecule has 118 valence electrons. The predicted octanol–water partition coefficient (Wildman–Crippen LogP) is 2.39. The Balaban J connectivity index is 0.00000200. The van der Waals surface area contributed by atoms with E-state index in [0.717, 1.165) is 25.9 Å². The molecular formula is C15H29ClN2O2. The lowest BCUT2D eigenvalue weighted by atomic mass is 9.51. The Kier molecular flexibility index (Phi) is 5.88. The number of nitrogens with two attached hydrogens (primary N) is 1. The monoisotopic (exact) mass is 304 g/mol. The van der Waals surface area contributed by atoms with Gasteiger partial charge in [0, 0.05) is 18.1 Å². The summed E-state index contributed by atoms with van der Waals surface area (Å²) >= 11 is 0.